The average Bonchev–Trinajstić information content (AvgIpc) is 2.83. The number of anilines is 1. The summed E-state index contributed by atoms with van der Waals surface area (Å²) in [6, 6.07) is 19.8. The Labute approximate surface area is 131 Å². The first kappa shape index (κ1) is 13.8. The molecule has 0 atom stereocenters. The minimum absolute atomic E-state index is 0.103. The summed E-state index contributed by atoms with van der Waals surface area (Å²) in [6.07, 6.45) is 2.32. The number of benzene rings is 2. The van der Waals surface area contributed by atoms with E-state index in [0.29, 0.717) is 6.42 Å². The van der Waals surface area contributed by atoms with Crippen molar-refractivity contribution in [2.24, 2.45) is 0 Å². The van der Waals surface area contributed by atoms with E-state index in [9.17, 15) is 4.79 Å². The van der Waals surface area contributed by atoms with Gasteiger partial charge in [0.1, 0.15) is 0 Å². The molecule has 0 saturated carbocycles. The van der Waals surface area contributed by atoms with E-state index in [1.165, 1.54) is 9.31 Å². The van der Waals surface area contributed by atoms with Crippen molar-refractivity contribution < 1.29 is 4.79 Å². The summed E-state index contributed by atoms with van der Waals surface area (Å²) >= 11 is 3.19. The predicted molar refractivity (Wildman–Crippen MR) is 88.3 cm³/mol. The molecule has 2 heterocycles. The quantitative estimate of drug-likeness (QED) is 0.576. The third kappa shape index (κ3) is 2.95. The predicted octanol–water partition coefficient (Wildman–Crippen LogP) is 4.12. The van der Waals surface area contributed by atoms with Gasteiger partial charge >= 0.3 is 0 Å². The van der Waals surface area contributed by atoms with E-state index in [4.69, 9.17) is 0 Å². The van der Waals surface area contributed by atoms with Gasteiger partial charge in [-0.05, 0) is 23.8 Å². The molecule has 0 N–H and O–H groups in total. The molecule has 0 spiro atoms. The Kier molecular flexibility index (Phi) is 3.97. The highest BCUT2D eigenvalue weighted by molar-refractivity contribution is 9.10. The van der Waals surface area contributed by atoms with Crippen molar-refractivity contribution in [3.05, 3.63) is 72.4 Å². The Morgan fingerprint density at radius 3 is 2.48 bits per heavy atom. The zero-order valence-corrected chi connectivity index (χ0v) is 12.8. The molecular weight excluding hydrogens is 328 g/mol. The van der Waals surface area contributed by atoms with Gasteiger partial charge in [-0.15, -0.1) is 0 Å². The number of pyridine rings is 1. The van der Waals surface area contributed by atoms with Crippen LogP contribution in [-0.2, 0) is 11.2 Å². The van der Waals surface area contributed by atoms with Crippen LogP contribution in [0.1, 0.15) is 5.56 Å². The van der Waals surface area contributed by atoms with Crippen LogP contribution >= 0.6 is 16.1 Å². The number of para-hydroxylation sites is 2. The molecule has 4 rings (SSSR count). The second kappa shape index (κ2) is 6.06. The first-order chi connectivity index (χ1) is 10.3. The largest absolute Gasteiger partial charge is 0.273 e. The number of nitrogens with zero attached hydrogens (tertiary/aromatic N) is 2. The van der Waals surface area contributed by atoms with Gasteiger partial charge in [-0.1, -0.05) is 42.5 Å². The highest BCUT2D eigenvalue weighted by atomic mass is 79.9. The summed E-state index contributed by atoms with van der Waals surface area (Å²) in [4.78, 5) is 15.3. The Bertz CT molecular complexity index is 723. The second-order valence-electron chi connectivity index (χ2n) is 4.68. The maximum Gasteiger partial charge on any atom is 0.241 e. The molecule has 0 fully saturated rings. The maximum absolute atomic E-state index is 11.1. The van der Waals surface area contributed by atoms with Crippen LogP contribution in [0.4, 0.5) is 5.69 Å². The molecule has 21 heavy (non-hydrogen) atoms. The highest BCUT2D eigenvalue weighted by Crippen LogP contribution is 2.30. The average molecular weight is 341 g/mol. The van der Waals surface area contributed by atoms with Crippen molar-refractivity contribution in [2.45, 2.75) is 6.42 Å². The first-order valence-corrected chi connectivity index (χ1v) is 7.33. The lowest BCUT2D eigenvalue weighted by Crippen LogP contribution is -2.13. The summed E-state index contributed by atoms with van der Waals surface area (Å²) < 4.78 is 1.52. The Morgan fingerprint density at radius 2 is 1.67 bits per heavy atom. The van der Waals surface area contributed by atoms with E-state index in [1.54, 1.807) is 0 Å². The molecule has 0 aliphatic carbocycles. The molecule has 2 aromatic carbocycles. The summed E-state index contributed by atoms with van der Waals surface area (Å²) in [5.41, 5.74) is 3.12. The van der Waals surface area contributed by atoms with E-state index < -0.39 is 0 Å². The number of rotatable bonds is 0. The summed E-state index contributed by atoms with van der Waals surface area (Å²) in [5, 5.41) is 1.20. The number of aromatic nitrogens is 1. The molecule has 0 saturated heterocycles. The van der Waals surface area contributed by atoms with Gasteiger partial charge < -0.3 is 0 Å². The van der Waals surface area contributed by atoms with E-state index >= 15 is 0 Å². The minimum atomic E-state index is 0.103. The highest BCUT2D eigenvalue weighted by Gasteiger charge is 2.24. The van der Waals surface area contributed by atoms with Gasteiger partial charge in [-0.25, -0.2) is 3.93 Å². The van der Waals surface area contributed by atoms with Crippen molar-refractivity contribution in [3.8, 4) is 0 Å². The molecule has 1 aliphatic rings. The van der Waals surface area contributed by atoms with Gasteiger partial charge in [0.15, 0.2) is 0 Å². The summed E-state index contributed by atoms with van der Waals surface area (Å²) in [5.74, 6) is 0.103. The van der Waals surface area contributed by atoms with Crippen molar-refractivity contribution >= 4 is 38.6 Å². The number of hydrogen-bond donors (Lipinski definition) is 0. The molecule has 1 aromatic heterocycles. The van der Waals surface area contributed by atoms with Crippen LogP contribution < -0.4 is 3.93 Å². The smallest absolute Gasteiger partial charge is 0.241 e. The molecule has 3 nitrogen and oxygen atoms in total. The van der Waals surface area contributed by atoms with Crippen molar-refractivity contribution in [2.75, 3.05) is 3.93 Å². The first-order valence-electron chi connectivity index (χ1n) is 6.62. The number of carbonyl (C=O) groups is 1. The van der Waals surface area contributed by atoms with Gasteiger partial charge in [0.05, 0.1) is 33.8 Å². The number of carbonyl (C=O) groups excluding carboxylic acids is 1. The SMILES string of the molecule is O=C1Cc2ccccc2N1Br.c1ccc2ncccc2c1. The Balaban J connectivity index is 0.000000126. The molecule has 104 valence electrons. The number of amides is 1. The Hall–Kier alpha value is -2.20. The topological polar surface area (TPSA) is 33.2 Å². The van der Waals surface area contributed by atoms with Crippen LogP contribution in [0.15, 0.2) is 66.9 Å². The van der Waals surface area contributed by atoms with Crippen molar-refractivity contribution in [1.29, 1.82) is 0 Å². The fourth-order valence-corrected chi connectivity index (χ4v) is 2.71. The van der Waals surface area contributed by atoms with Gasteiger partial charge in [0.2, 0.25) is 5.91 Å². The van der Waals surface area contributed by atoms with Gasteiger partial charge in [0, 0.05) is 11.6 Å². The fraction of sp³-hybridized carbons (Fsp3) is 0.0588. The number of fused-ring (bicyclic) bond motifs is 2. The molecule has 0 unspecified atom stereocenters. The summed E-state index contributed by atoms with van der Waals surface area (Å²) in [6.45, 7) is 0. The molecule has 1 aliphatic heterocycles. The lowest BCUT2D eigenvalue weighted by atomic mass is 10.2. The van der Waals surface area contributed by atoms with Crippen LogP contribution in [0.25, 0.3) is 10.9 Å². The normalized spacial score (nSPS) is 12.8. The maximum atomic E-state index is 11.1. The molecule has 1 amide bonds. The number of halogens is 1. The van der Waals surface area contributed by atoms with Crippen LogP contribution in [0.2, 0.25) is 0 Å². The lowest BCUT2D eigenvalue weighted by Gasteiger charge is -2.04. The zero-order chi connectivity index (χ0) is 14.7. The zero-order valence-electron chi connectivity index (χ0n) is 11.2. The standard InChI is InChI=1S/C9H7N.C8H6BrNO/c1-2-6-9-8(4-1)5-3-7-10-9;9-10-7-4-2-1-3-6(7)5-8(10)11/h1-7H;1-4H,5H2. The van der Waals surface area contributed by atoms with Gasteiger partial charge in [0.25, 0.3) is 0 Å². The van der Waals surface area contributed by atoms with Crippen LogP contribution in [0, 0.1) is 0 Å². The lowest BCUT2D eigenvalue weighted by molar-refractivity contribution is -0.116. The second-order valence-corrected chi connectivity index (χ2v) is 5.39. The van der Waals surface area contributed by atoms with E-state index in [2.05, 4.69) is 33.3 Å². The molecule has 3 aromatic rings. The van der Waals surface area contributed by atoms with E-state index in [1.807, 2.05) is 54.7 Å². The van der Waals surface area contributed by atoms with Crippen molar-refractivity contribution in [3.63, 3.8) is 0 Å². The third-order valence-corrected chi connectivity index (χ3v) is 4.05. The van der Waals surface area contributed by atoms with Gasteiger partial charge in [-0.3, -0.25) is 9.78 Å². The fourth-order valence-electron chi connectivity index (χ4n) is 2.23. The monoisotopic (exact) mass is 340 g/mol. The van der Waals surface area contributed by atoms with Crippen LogP contribution in [-0.4, -0.2) is 10.9 Å². The summed E-state index contributed by atoms with van der Waals surface area (Å²) in [7, 11) is 0. The van der Waals surface area contributed by atoms with Crippen LogP contribution in [0.3, 0.4) is 0 Å². The van der Waals surface area contributed by atoms with Crippen LogP contribution in [0.5, 0.6) is 0 Å². The van der Waals surface area contributed by atoms with E-state index in [0.717, 1.165) is 16.8 Å². The molecular formula is C17H13BrN2O. The molecule has 0 radical (unpaired) electrons. The van der Waals surface area contributed by atoms with E-state index in [-0.39, 0.29) is 5.91 Å². The molecule has 0 bridgehead atoms. The minimum Gasteiger partial charge on any atom is -0.273 e. The number of hydrogen-bond acceptors (Lipinski definition) is 2. The Morgan fingerprint density at radius 1 is 0.952 bits per heavy atom. The molecule has 4 heteroatoms. The van der Waals surface area contributed by atoms with Crippen molar-refractivity contribution in [1.82, 2.24) is 4.98 Å². The van der Waals surface area contributed by atoms with Gasteiger partial charge in [-0.2, -0.15) is 0 Å². The third-order valence-electron chi connectivity index (χ3n) is 3.28.